The van der Waals surface area contributed by atoms with Gasteiger partial charge in [-0.3, -0.25) is 14.2 Å². The number of fused-ring (bicyclic) bond motifs is 3. The number of nitrogens with zero attached hydrogens (tertiary/aromatic N) is 5. The van der Waals surface area contributed by atoms with Crippen LogP contribution < -0.4 is 5.56 Å². The summed E-state index contributed by atoms with van der Waals surface area (Å²) >= 11 is 18.8. The SMILES string of the molecule is O=c1c2nc3ccccc3n2c(-c2ccncc2)nn1-c1c(Cl)cc(Cl)cc1Cl. The van der Waals surface area contributed by atoms with Gasteiger partial charge >= 0.3 is 5.56 Å². The van der Waals surface area contributed by atoms with Gasteiger partial charge in [0.15, 0.2) is 5.82 Å². The van der Waals surface area contributed by atoms with E-state index >= 15 is 0 Å². The van der Waals surface area contributed by atoms with Gasteiger partial charge < -0.3 is 0 Å². The van der Waals surface area contributed by atoms with E-state index in [1.54, 1.807) is 28.9 Å². The monoisotopic (exact) mass is 441 g/mol. The molecule has 3 aromatic heterocycles. The minimum absolute atomic E-state index is 0.204. The molecule has 0 amide bonds. The van der Waals surface area contributed by atoms with Gasteiger partial charge in [-0.2, -0.15) is 4.68 Å². The highest BCUT2D eigenvalue weighted by molar-refractivity contribution is 6.40. The quantitative estimate of drug-likeness (QED) is 0.383. The van der Waals surface area contributed by atoms with Crippen molar-refractivity contribution in [2.75, 3.05) is 0 Å². The molecule has 0 atom stereocenters. The van der Waals surface area contributed by atoms with Crippen LogP contribution in [0.3, 0.4) is 0 Å². The number of hydrogen-bond acceptors (Lipinski definition) is 4. The molecular formula is C20H10Cl3N5O. The lowest BCUT2D eigenvalue weighted by Crippen LogP contribution is -2.25. The molecule has 0 radical (unpaired) electrons. The first-order valence-corrected chi connectivity index (χ1v) is 9.64. The Balaban J connectivity index is 1.97. The van der Waals surface area contributed by atoms with Crippen molar-refractivity contribution >= 4 is 51.5 Å². The summed E-state index contributed by atoms with van der Waals surface area (Å²) < 4.78 is 2.89. The van der Waals surface area contributed by atoms with E-state index in [1.165, 1.54) is 12.1 Å². The Morgan fingerprint density at radius 2 is 1.59 bits per heavy atom. The van der Waals surface area contributed by atoms with Crippen LogP contribution in [0.5, 0.6) is 0 Å². The van der Waals surface area contributed by atoms with Crippen molar-refractivity contribution in [3.05, 3.63) is 86.3 Å². The van der Waals surface area contributed by atoms with Crippen molar-refractivity contribution in [2.45, 2.75) is 0 Å². The van der Waals surface area contributed by atoms with Crippen molar-refractivity contribution in [1.82, 2.24) is 24.1 Å². The average molecular weight is 443 g/mol. The first kappa shape index (κ1) is 18.1. The first-order chi connectivity index (χ1) is 14.0. The number of aromatic nitrogens is 5. The summed E-state index contributed by atoms with van der Waals surface area (Å²) in [5.41, 5.74) is 2.18. The third kappa shape index (κ3) is 2.88. The summed E-state index contributed by atoms with van der Waals surface area (Å²) in [4.78, 5) is 21.9. The van der Waals surface area contributed by atoms with Gasteiger partial charge in [0.25, 0.3) is 0 Å². The number of halogens is 3. The molecule has 142 valence electrons. The minimum atomic E-state index is -0.454. The highest BCUT2D eigenvalue weighted by Gasteiger charge is 2.20. The second-order valence-electron chi connectivity index (χ2n) is 6.25. The average Bonchev–Trinajstić information content (AvgIpc) is 3.10. The number of hydrogen-bond donors (Lipinski definition) is 0. The maximum absolute atomic E-state index is 13.3. The summed E-state index contributed by atoms with van der Waals surface area (Å²) in [5, 5.41) is 5.38. The summed E-state index contributed by atoms with van der Waals surface area (Å²) in [7, 11) is 0. The lowest BCUT2D eigenvalue weighted by Gasteiger charge is -2.13. The zero-order valence-corrected chi connectivity index (χ0v) is 16.8. The topological polar surface area (TPSA) is 65.1 Å². The molecular weight excluding hydrogens is 433 g/mol. The number of imidazole rings is 1. The molecule has 0 spiro atoms. The maximum Gasteiger partial charge on any atom is 0.315 e. The van der Waals surface area contributed by atoms with Gasteiger partial charge in [0.05, 0.1) is 21.1 Å². The fourth-order valence-electron chi connectivity index (χ4n) is 3.24. The smallest absolute Gasteiger partial charge is 0.270 e. The molecule has 0 saturated carbocycles. The molecule has 0 saturated heterocycles. The van der Waals surface area contributed by atoms with Gasteiger partial charge in [-0.25, -0.2) is 4.98 Å². The normalized spacial score (nSPS) is 11.4. The first-order valence-electron chi connectivity index (χ1n) is 8.50. The van der Waals surface area contributed by atoms with Crippen LogP contribution in [0.15, 0.2) is 65.7 Å². The third-order valence-electron chi connectivity index (χ3n) is 4.48. The maximum atomic E-state index is 13.3. The molecule has 0 unspecified atom stereocenters. The molecule has 5 rings (SSSR count). The van der Waals surface area contributed by atoms with Crippen LogP contribution in [0.2, 0.25) is 15.1 Å². The van der Waals surface area contributed by atoms with E-state index in [0.717, 1.165) is 15.8 Å². The number of rotatable bonds is 2. The van der Waals surface area contributed by atoms with Crippen LogP contribution in [0.25, 0.3) is 33.8 Å². The van der Waals surface area contributed by atoms with Crippen LogP contribution in [0.1, 0.15) is 0 Å². The molecule has 3 heterocycles. The third-order valence-corrected chi connectivity index (χ3v) is 5.28. The largest absolute Gasteiger partial charge is 0.315 e. The molecule has 9 heteroatoms. The Labute approximate surface area is 178 Å². The standard InChI is InChI=1S/C20H10Cl3N5O/c21-12-9-13(22)17(14(23)10-12)28-20(29)19-25-15-3-1-2-4-16(15)27(19)18(26-28)11-5-7-24-8-6-11/h1-10H. The number of benzene rings is 2. The van der Waals surface area contributed by atoms with E-state index < -0.39 is 5.56 Å². The summed E-state index contributed by atoms with van der Waals surface area (Å²) in [6, 6.07) is 14.1. The lowest BCUT2D eigenvalue weighted by molar-refractivity contribution is 0.788. The van der Waals surface area contributed by atoms with Crippen molar-refractivity contribution in [3.8, 4) is 17.1 Å². The van der Waals surface area contributed by atoms with E-state index in [2.05, 4.69) is 15.1 Å². The Morgan fingerprint density at radius 3 is 2.31 bits per heavy atom. The van der Waals surface area contributed by atoms with Crippen molar-refractivity contribution < 1.29 is 0 Å². The molecule has 0 aliphatic heterocycles. The van der Waals surface area contributed by atoms with Crippen LogP contribution >= 0.6 is 34.8 Å². The second-order valence-corrected chi connectivity index (χ2v) is 7.50. The molecule has 0 bridgehead atoms. The number of pyridine rings is 1. The predicted octanol–water partition coefficient (Wildman–Crippen LogP) is 5.06. The van der Waals surface area contributed by atoms with Gasteiger partial charge in [0.2, 0.25) is 5.65 Å². The molecule has 0 fully saturated rings. The van der Waals surface area contributed by atoms with Crippen molar-refractivity contribution in [3.63, 3.8) is 0 Å². The zero-order chi connectivity index (χ0) is 20.1. The van der Waals surface area contributed by atoms with Crippen LogP contribution in [-0.4, -0.2) is 24.1 Å². The molecule has 5 aromatic rings. The van der Waals surface area contributed by atoms with E-state index in [-0.39, 0.29) is 21.4 Å². The molecule has 0 N–H and O–H groups in total. The van der Waals surface area contributed by atoms with Crippen LogP contribution in [-0.2, 0) is 0 Å². The van der Waals surface area contributed by atoms with Crippen molar-refractivity contribution in [1.29, 1.82) is 0 Å². The highest BCUT2D eigenvalue weighted by atomic mass is 35.5. The predicted molar refractivity (Wildman–Crippen MR) is 114 cm³/mol. The number of para-hydroxylation sites is 2. The Morgan fingerprint density at radius 1 is 0.897 bits per heavy atom. The molecule has 2 aromatic carbocycles. The van der Waals surface area contributed by atoms with Gasteiger partial charge in [0, 0.05) is 23.0 Å². The summed E-state index contributed by atoms with van der Waals surface area (Å²) in [6.07, 6.45) is 3.30. The molecule has 0 aliphatic rings. The molecule has 0 aliphatic carbocycles. The van der Waals surface area contributed by atoms with Gasteiger partial charge in [-0.15, -0.1) is 5.10 Å². The minimum Gasteiger partial charge on any atom is -0.270 e. The second kappa shape index (κ2) is 6.84. The Hall–Kier alpha value is -2.93. The lowest BCUT2D eigenvalue weighted by atomic mass is 10.2. The fourth-order valence-corrected chi connectivity index (χ4v) is 4.22. The van der Waals surface area contributed by atoms with Gasteiger partial charge in [-0.05, 0) is 36.4 Å². The van der Waals surface area contributed by atoms with Crippen LogP contribution in [0.4, 0.5) is 0 Å². The van der Waals surface area contributed by atoms with Gasteiger partial charge in [0.1, 0.15) is 5.69 Å². The van der Waals surface area contributed by atoms with Gasteiger partial charge in [-0.1, -0.05) is 46.9 Å². The molecule has 6 nitrogen and oxygen atoms in total. The Bertz CT molecular complexity index is 1440. The molecule has 29 heavy (non-hydrogen) atoms. The van der Waals surface area contributed by atoms with Crippen molar-refractivity contribution in [2.24, 2.45) is 0 Å². The van der Waals surface area contributed by atoms with E-state index in [0.29, 0.717) is 16.4 Å². The van der Waals surface area contributed by atoms with E-state index in [1.807, 2.05) is 24.3 Å². The highest BCUT2D eigenvalue weighted by Crippen LogP contribution is 2.32. The van der Waals surface area contributed by atoms with Crippen LogP contribution in [0, 0.1) is 0 Å². The fraction of sp³-hybridized carbons (Fsp3) is 0. The Kier molecular flexibility index (Phi) is 4.28. The van der Waals surface area contributed by atoms with E-state index in [9.17, 15) is 4.79 Å². The van der Waals surface area contributed by atoms with E-state index in [4.69, 9.17) is 34.8 Å². The summed E-state index contributed by atoms with van der Waals surface area (Å²) in [5.74, 6) is 0.498. The zero-order valence-electron chi connectivity index (χ0n) is 14.6. The summed E-state index contributed by atoms with van der Waals surface area (Å²) in [6.45, 7) is 0.